The average molecular weight is 283 g/mol. The molecule has 2 aromatic carbocycles. The number of aryl methyl sites for hydroxylation is 1. The molecule has 1 atom stereocenters. The maximum absolute atomic E-state index is 5.93. The third-order valence-electron chi connectivity index (χ3n) is 3.94. The van der Waals surface area contributed by atoms with Crippen LogP contribution < -0.4 is 10.5 Å². The first-order valence-electron chi connectivity index (χ1n) is 7.68. The topological polar surface area (TPSA) is 35.2 Å². The zero-order valence-corrected chi connectivity index (χ0v) is 12.8. The van der Waals surface area contributed by atoms with Gasteiger partial charge in [-0.1, -0.05) is 42.5 Å². The van der Waals surface area contributed by atoms with Crippen molar-refractivity contribution >= 4 is 0 Å². The minimum atomic E-state index is 0.558. The molecule has 0 saturated carbocycles. The molecule has 1 unspecified atom stereocenters. The third kappa shape index (κ3) is 5.24. The second-order valence-electron chi connectivity index (χ2n) is 5.53. The summed E-state index contributed by atoms with van der Waals surface area (Å²) >= 11 is 0. The molecule has 2 rings (SSSR count). The fraction of sp³-hybridized carbons (Fsp3) is 0.368. The van der Waals surface area contributed by atoms with Gasteiger partial charge in [-0.05, 0) is 61.4 Å². The Bertz CT molecular complexity index is 507. The van der Waals surface area contributed by atoms with E-state index in [1.165, 1.54) is 24.0 Å². The molecule has 0 saturated heterocycles. The molecular weight excluding hydrogens is 258 g/mol. The van der Waals surface area contributed by atoms with E-state index in [4.69, 9.17) is 10.5 Å². The number of rotatable bonds is 8. The van der Waals surface area contributed by atoms with E-state index < -0.39 is 0 Å². The minimum absolute atomic E-state index is 0.558. The average Bonchev–Trinajstić information content (AvgIpc) is 2.55. The molecule has 2 aromatic rings. The van der Waals surface area contributed by atoms with Gasteiger partial charge >= 0.3 is 0 Å². The summed E-state index contributed by atoms with van der Waals surface area (Å²) in [6, 6.07) is 19.0. The molecular formula is C19H25NO. The number of nitrogens with two attached hydrogens (primary N) is 1. The lowest BCUT2D eigenvalue weighted by Crippen LogP contribution is -2.17. The lowest BCUT2D eigenvalue weighted by atomic mass is 9.93. The highest BCUT2D eigenvalue weighted by Gasteiger charge is 2.08. The van der Waals surface area contributed by atoms with Crippen LogP contribution in [0, 0.1) is 5.92 Å². The summed E-state index contributed by atoms with van der Waals surface area (Å²) in [5.41, 5.74) is 8.68. The number of ether oxygens (including phenoxy) is 1. The van der Waals surface area contributed by atoms with Gasteiger partial charge in [0.2, 0.25) is 0 Å². The molecule has 0 aromatic heterocycles. The van der Waals surface area contributed by atoms with E-state index in [0.29, 0.717) is 5.92 Å². The van der Waals surface area contributed by atoms with Gasteiger partial charge in [-0.25, -0.2) is 0 Å². The summed E-state index contributed by atoms with van der Waals surface area (Å²) in [6.45, 7) is 0.751. The van der Waals surface area contributed by atoms with E-state index in [1.807, 2.05) is 12.1 Å². The Morgan fingerprint density at radius 3 is 2.29 bits per heavy atom. The van der Waals surface area contributed by atoms with Crippen molar-refractivity contribution in [3.05, 3.63) is 65.7 Å². The lowest BCUT2D eigenvalue weighted by Gasteiger charge is -2.15. The smallest absolute Gasteiger partial charge is 0.118 e. The maximum atomic E-state index is 5.93. The fourth-order valence-corrected chi connectivity index (χ4v) is 2.64. The number of methoxy groups -OCH3 is 1. The quantitative estimate of drug-likeness (QED) is 0.799. The standard InChI is InChI=1S/C19H25NO/c1-21-19-12-10-17(11-13-19)14-18(15-20)9-5-8-16-6-3-2-4-7-16/h2-4,6-7,10-13,18H,5,8-9,14-15,20H2,1H3. The molecule has 0 aliphatic heterocycles. The van der Waals surface area contributed by atoms with E-state index in [9.17, 15) is 0 Å². The third-order valence-corrected chi connectivity index (χ3v) is 3.94. The van der Waals surface area contributed by atoms with Gasteiger partial charge in [0.05, 0.1) is 7.11 Å². The van der Waals surface area contributed by atoms with Crippen LogP contribution in [0.25, 0.3) is 0 Å². The van der Waals surface area contributed by atoms with Crippen LogP contribution in [0.3, 0.4) is 0 Å². The van der Waals surface area contributed by atoms with Gasteiger partial charge in [0.25, 0.3) is 0 Å². The molecule has 0 heterocycles. The highest BCUT2D eigenvalue weighted by atomic mass is 16.5. The van der Waals surface area contributed by atoms with E-state index >= 15 is 0 Å². The summed E-state index contributed by atoms with van der Waals surface area (Å²) < 4.78 is 5.19. The van der Waals surface area contributed by atoms with E-state index in [2.05, 4.69) is 42.5 Å². The van der Waals surface area contributed by atoms with Crippen LogP contribution in [0.1, 0.15) is 24.0 Å². The first-order valence-corrected chi connectivity index (χ1v) is 7.68. The Labute approximate surface area is 127 Å². The van der Waals surface area contributed by atoms with Crippen LogP contribution in [-0.2, 0) is 12.8 Å². The van der Waals surface area contributed by atoms with E-state index in [0.717, 1.165) is 25.1 Å². The van der Waals surface area contributed by atoms with Gasteiger partial charge in [0, 0.05) is 0 Å². The van der Waals surface area contributed by atoms with Crippen molar-refractivity contribution in [2.75, 3.05) is 13.7 Å². The Balaban J connectivity index is 1.79. The van der Waals surface area contributed by atoms with Crippen LogP contribution in [-0.4, -0.2) is 13.7 Å². The Morgan fingerprint density at radius 1 is 0.952 bits per heavy atom. The zero-order chi connectivity index (χ0) is 14.9. The summed E-state index contributed by atoms with van der Waals surface area (Å²) in [5, 5.41) is 0. The predicted octanol–water partition coefficient (Wildman–Crippen LogP) is 3.84. The van der Waals surface area contributed by atoms with Gasteiger partial charge < -0.3 is 10.5 Å². The van der Waals surface area contributed by atoms with Crippen molar-refractivity contribution in [2.24, 2.45) is 11.7 Å². The normalized spacial score (nSPS) is 12.1. The highest BCUT2D eigenvalue weighted by molar-refractivity contribution is 5.27. The van der Waals surface area contributed by atoms with Crippen LogP contribution in [0.4, 0.5) is 0 Å². The Hall–Kier alpha value is -1.80. The van der Waals surface area contributed by atoms with Crippen LogP contribution >= 0.6 is 0 Å². The predicted molar refractivity (Wildman–Crippen MR) is 88.6 cm³/mol. The molecule has 21 heavy (non-hydrogen) atoms. The molecule has 0 amide bonds. The number of hydrogen-bond donors (Lipinski definition) is 1. The first kappa shape index (κ1) is 15.6. The largest absolute Gasteiger partial charge is 0.497 e. The molecule has 0 radical (unpaired) electrons. The Morgan fingerprint density at radius 2 is 1.67 bits per heavy atom. The van der Waals surface area contributed by atoms with Gasteiger partial charge in [0.15, 0.2) is 0 Å². The SMILES string of the molecule is COc1ccc(CC(CN)CCCc2ccccc2)cc1. The van der Waals surface area contributed by atoms with Gasteiger partial charge in [-0.2, -0.15) is 0 Å². The molecule has 0 bridgehead atoms. The van der Waals surface area contributed by atoms with Crippen LogP contribution in [0.15, 0.2) is 54.6 Å². The van der Waals surface area contributed by atoms with Crippen molar-refractivity contribution in [1.82, 2.24) is 0 Å². The van der Waals surface area contributed by atoms with Crippen molar-refractivity contribution in [3.8, 4) is 5.75 Å². The molecule has 112 valence electrons. The molecule has 2 heteroatoms. The van der Waals surface area contributed by atoms with Crippen LogP contribution in [0.2, 0.25) is 0 Å². The van der Waals surface area contributed by atoms with E-state index in [-0.39, 0.29) is 0 Å². The molecule has 0 aliphatic rings. The minimum Gasteiger partial charge on any atom is -0.497 e. The second-order valence-corrected chi connectivity index (χ2v) is 5.53. The summed E-state index contributed by atoms with van der Waals surface area (Å²) in [4.78, 5) is 0. The number of benzene rings is 2. The van der Waals surface area contributed by atoms with Crippen molar-refractivity contribution < 1.29 is 4.74 Å². The number of hydrogen-bond acceptors (Lipinski definition) is 2. The fourth-order valence-electron chi connectivity index (χ4n) is 2.64. The maximum Gasteiger partial charge on any atom is 0.118 e. The van der Waals surface area contributed by atoms with Crippen molar-refractivity contribution in [2.45, 2.75) is 25.7 Å². The monoisotopic (exact) mass is 283 g/mol. The summed E-state index contributed by atoms with van der Waals surface area (Å²) in [5.74, 6) is 1.47. The van der Waals surface area contributed by atoms with Crippen molar-refractivity contribution in [3.63, 3.8) is 0 Å². The molecule has 0 spiro atoms. The van der Waals surface area contributed by atoms with Gasteiger partial charge in [0.1, 0.15) is 5.75 Å². The molecule has 0 aliphatic carbocycles. The molecule has 2 N–H and O–H groups in total. The highest BCUT2D eigenvalue weighted by Crippen LogP contribution is 2.18. The van der Waals surface area contributed by atoms with Crippen LogP contribution in [0.5, 0.6) is 5.75 Å². The van der Waals surface area contributed by atoms with E-state index in [1.54, 1.807) is 7.11 Å². The molecule has 2 nitrogen and oxygen atoms in total. The summed E-state index contributed by atoms with van der Waals surface area (Å²) in [6.07, 6.45) is 4.56. The second kappa shape index (κ2) is 8.48. The van der Waals surface area contributed by atoms with Crippen molar-refractivity contribution in [1.29, 1.82) is 0 Å². The van der Waals surface area contributed by atoms with Gasteiger partial charge in [-0.3, -0.25) is 0 Å². The van der Waals surface area contributed by atoms with Gasteiger partial charge in [-0.15, -0.1) is 0 Å². The summed E-state index contributed by atoms with van der Waals surface area (Å²) in [7, 11) is 1.70. The Kier molecular flexibility index (Phi) is 6.29. The molecule has 0 fully saturated rings. The zero-order valence-electron chi connectivity index (χ0n) is 12.8. The first-order chi connectivity index (χ1) is 10.3. The lowest BCUT2D eigenvalue weighted by molar-refractivity contribution is 0.414.